The molecule has 0 aliphatic carbocycles. The predicted octanol–water partition coefficient (Wildman–Crippen LogP) is 6.15. The molecule has 1 saturated heterocycles. The van der Waals surface area contributed by atoms with Crippen LogP contribution in [-0.2, 0) is 5.41 Å². The molecule has 0 aromatic heterocycles. The van der Waals surface area contributed by atoms with E-state index in [0.717, 1.165) is 43.1 Å². The third-order valence-corrected chi connectivity index (χ3v) is 7.21. The van der Waals surface area contributed by atoms with Gasteiger partial charge in [0.25, 0.3) is 0 Å². The molecule has 0 saturated carbocycles. The highest BCUT2D eigenvalue weighted by Crippen LogP contribution is 2.34. The molecule has 31 heavy (non-hydrogen) atoms. The Balaban J connectivity index is 1.54. The highest BCUT2D eigenvalue weighted by atomic mass is 35.5. The molecule has 0 bridgehead atoms. The number of benzene rings is 2. The zero-order chi connectivity index (χ0) is 22.1. The minimum Gasteiger partial charge on any atom is -0.494 e. The van der Waals surface area contributed by atoms with Gasteiger partial charge >= 0.3 is 0 Å². The zero-order valence-corrected chi connectivity index (χ0v) is 20.7. The van der Waals surface area contributed by atoms with Crippen LogP contribution in [-0.4, -0.2) is 55.1 Å². The Hall–Kier alpha value is -1.36. The molecule has 3 rings (SSSR count). The SMILES string of the molecule is Cc1cc(C(C)(C)c2ccc(OCCCN3CCSCC3)cc2)ccc1OCCCCl. The summed E-state index contributed by atoms with van der Waals surface area (Å²) in [5, 5.41) is 0. The number of aryl methyl sites for hydroxylation is 1. The van der Waals surface area contributed by atoms with E-state index in [1.54, 1.807) is 0 Å². The number of alkyl halides is 1. The normalized spacial score (nSPS) is 15.1. The fourth-order valence-corrected chi connectivity index (χ4v) is 4.96. The van der Waals surface area contributed by atoms with Crippen LogP contribution in [0.1, 0.15) is 43.4 Å². The molecule has 3 nitrogen and oxygen atoms in total. The topological polar surface area (TPSA) is 21.7 Å². The average Bonchev–Trinajstić information content (AvgIpc) is 2.79. The number of hydrogen-bond acceptors (Lipinski definition) is 4. The molecule has 5 heteroatoms. The van der Waals surface area contributed by atoms with E-state index in [2.05, 4.69) is 79.9 Å². The Morgan fingerprint density at radius 3 is 2.29 bits per heavy atom. The van der Waals surface area contributed by atoms with Crippen LogP contribution in [0.3, 0.4) is 0 Å². The maximum atomic E-state index is 5.99. The molecule has 0 amide bonds. The highest BCUT2D eigenvalue weighted by Gasteiger charge is 2.24. The Bertz CT molecular complexity index is 804. The Morgan fingerprint density at radius 2 is 1.61 bits per heavy atom. The summed E-state index contributed by atoms with van der Waals surface area (Å²) in [6.07, 6.45) is 1.94. The Kier molecular flexibility index (Phi) is 9.43. The van der Waals surface area contributed by atoms with Crippen molar-refractivity contribution in [3.05, 3.63) is 59.2 Å². The number of hydrogen-bond donors (Lipinski definition) is 0. The lowest BCUT2D eigenvalue weighted by molar-refractivity contribution is 0.248. The molecule has 0 N–H and O–H groups in total. The van der Waals surface area contributed by atoms with Crippen LogP contribution < -0.4 is 9.47 Å². The van der Waals surface area contributed by atoms with Crippen LogP contribution in [0.25, 0.3) is 0 Å². The van der Waals surface area contributed by atoms with Gasteiger partial charge in [-0.2, -0.15) is 11.8 Å². The summed E-state index contributed by atoms with van der Waals surface area (Å²) in [4.78, 5) is 2.54. The van der Waals surface area contributed by atoms with Gasteiger partial charge in [-0.05, 0) is 54.7 Å². The van der Waals surface area contributed by atoms with Gasteiger partial charge in [0.2, 0.25) is 0 Å². The maximum absolute atomic E-state index is 5.99. The van der Waals surface area contributed by atoms with Gasteiger partial charge in [-0.1, -0.05) is 38.1 Å². The van der Waals surface area contributed by atoms with Crippen molar-refractivity contribution in [3.63, 3.8) is 0 Å². The van der Waals surface area contributed by atoms with Crippen molar-refractivity contribution < 1.29 is 9.47 Å². The second-order valence-corrected chi connectivity index (χ2v) is 10.3. The zero-order valence-electron chi connectivity index (χ0n) is 19.2. The summed E-state index contributed by atoms with van der Waals surface area (Å²) in [7, 11) is 0. The van der Waals surface area contributed by atoms with Gasteiger partial charge in [0.15, 0.2) is 0 Å². The average molecular weight is 462 g/mol. The predicted molar refractivity (Wildman–Crippen MR) is 134 cm³/mol. The van der Waals surface area contributed by atoms with Gasteiger partial charge in [0.05, 0.1) is 13.2 Å². The van der Waals surface area contributed by atoms with E-state index >= 15 is 0 Å². The second kappa shape index (κ2) is 12.0. The molecular weight excluding hydrogens is 426 g/mol. The second-order valence-electron chi connectivity index (χ2n) is 8.68. The van der Waals surface area contributed by atoms with Crippen molar-refractivity contribution in [1.82, 2.24) is 4.90 Å². The van der Waals surface area contributed by atoms with Crippen LogP contribution in [0, 0.1) is 6.92 Å². The minimum atomic E-state index is -0.0930. The molecular formula is C26H36ClNO2S. The summed E-state index contributed by atoms with van der Waals surface area (Å²) >= 11 is 7.81. The molecule has 1 fully saturated rings. The monoisotopic (exact) mass is 461 g/mol. The molecule has 0 spiro atoms. The minimum absolute atomic E-state index is 0.0930. The molecule has 2 aromatic rings. The van der Waals surface area contributed by atoms with Crippen molar-refractivity contribution in [2.24, 2.45) is 0 Å². The van der Waals surface area contributed by atoms with Gasteiger partial charge in [-0.3, -0.25) is 0 Å². The number of ether oxygens (including phenoxy) is 2. The summed E-state index contributed by atoms with van der Waals surface area (Å²) in [6.45, 7) is 11.6. The lowest BCUT2D eigenvalue weighted by Gasteiger charge is -2.27. The molecule has 1 aliphatic rings. The van der Waals surface area contributed by atoms with E-state index in [-0.39, 0.29) is 5.41 Å². The van der Waals surface area contributed by atoms with E-state index in [9.17, 15) is 0 Å². The molecule has 170 valence electrons. The summed E-state index contributed by atoms with van der Waals surface area (Å²) < 4.78 is 11.8. The largest absolute Gasteiger partial charge is 0.494 e. The summed E-state index contributed by atoms with van der Waals surface area (Å²) in [6, 6.07) is 15.1. The summed E-state index contributed by atoms with van der Waals surface area (Å²) in [5.41, 5.74) is 3.63. The standard InChI is InChI=1S/C26H36ClNO2S/c1-21-20-23(8-11-25(21)30-16-4-12-27)26(2,3)22-6-9-24(10-7-22)29-17-5-13-28-14-18-31-19-15-28/h6-11,20H,4-5,12-19H2,1-3H3. The van der Waals surface area contributed by atoms with Crippen molar-refractivity contribution >= 4 is 23.4 Å². The first-order valence-corrected chi connectivity index (χ1v) is 13.0. The highest BCUT2D eigenvalue weighted by molar-refractivity contribution is 7.99. The van der Waals surface area contributed by atoms with Crippen molar-refractivity contribution in [1.29, 1.82) is 0 Å². The first-order valence-electron chi connectivity index (χ1n) is 11.3. The van der Waals surface area contributed by atoms with Gasteiger partial charge in [-0.25, -0.2) is 0 Å². The van der Waals surface area contributed by atoms with Crippen LogP contribution in [0.15, 0.2) is 42.5 Å². The maximum Gasteiger partial charge on any atom is 0.122 e. The molecule has 0 radical (unpaired) electrons. The molecule has 0 atom stereocenters. The Morgan fingerprint density at radius 1 is 0.935 bits per heavy atom. The van der Waals surface area contributed by atoms with Crippen molar-refractivity contribution in [2.75, 3.05) is 50.2 Å². The molecule has 1 heterocycles. The van der Waals surface area contributed by atoms with E-state index in [0.29, 0.717) is 12.5 Å². The van der Waals surface area contributed by atoms with E-state index in [4.69, 9.17) is 21.1 Å². The quantitative estimate of drug-likeness (QED) is 0.295. The van der Waals surface area contributed by atoms with Crippen molar-refractivity contribution in [2.45, 2.75) is 39.0 Å². The fraction of sp³-hybridized carbons (Fsp3) is 0.538. The molecule has 2 aromatic carbocycles. The van der Waals surface area contributed by atoms with Gasteiger partial charge < -0.3 is 14.4 Å². The van der Waals surface area contributed by atoms with Crippen LogP contribution in [0.2, 0.25) is 0 Å². The lowest BCUT2D eigenvalue weighted by atomic mass is 9.77. The van der Waals surface area contributed by atoms with E-state index in [1.807, 2.05) is 0 Å². The van der Waals surface area contributed by atoms with Crippen LogP contribution in [0.4, 0.5) is 0 Å². The third kappa shape index (κ3) is 7.06. The first-order chi connectivity index (χ1) is 15.0. The molecule has 0 unspecified atom stereocenters. The number of thioether (sulfide) groups is 1. The Labute approximate surface area is 197 Å². The number of halogens is 1. The molecule has 1 aliphatic heterocycles. The number of nitrogens with zero attached hydrogens (tertiary/aromatic N) is 1. The first kappa shape index (κ1) is 24.3. The third-order valence-electron chi connectivity index (χ3n) is 6.00. The fourth-order valence-electron chi connectivity index (χ4n) is 3.87. The lowest BCUT2D eigenvalue weighted by Crippen LogP contribution is -2.33. The van der Waals surface area contributed by atoms with Crippen LogP contribution >= 0.6 is 23.4 Å². The number of rotatable bonds is 11. The summed E-state index contributed by atoms with van der Waals surface area (Å²) in [5.74, 6) is 5.05. The van der Waals surface area contributed by atoms with E-state index < -0.39 is 0 Å². The van der Waals surface area contributed by atoms with Gasteiger partial charge in [0.1, 0.15) is 11.5 Å². The van der Waals surface area contributed by atoms with Gasteiger partial charge in [0, 0.05) is 42.4 Å². The van der Waals surface area contributed by atoms with Crippen LogP contribution in [0.5, 0.6) is 11.5 Å². The van der Waals surface area contributed by atoms with Crippen molar-refractivity contribution in [3.8, 4) is 11.5 Å². The van der Waals surface area contributed by atoms with Gasteiger partial charge in [-0.15, -0.1) is 11.6 Å². The smallest absolute Gasteiger partial charge is 0.122 e. The van der Waals surface area contributed by atoms with E-state index in [1.165, 1.54) is 35.7 Å².